The molecule has 17 heavy (non-hydrogen) atoms. The minimum absolute atomic E-state index is 0.196. The third-order valence-corrected chi connectivity index (χ3v) is 4.23. The molecule has 0 bridgehead atoms. The van der Waals surface area contributed by atoms with Crippen LogP contribution in [0, 0.1) is 0 Å². The highest BCUT2D eigenvalue weighted by Gasteiger charge is 2.23. The third kappa shape index (κ3) is 2.94. The van der Waals surface area contributed by atoms with Crippen LogP contribution in [0.25, 0.3) is 0 Å². The molecule has 0 saturated carbocycles. The number of hydrogen-bond acceptors (Lipinski definition) is 2. The number of nitrogens with zero attached hydrogens (tertiary/aromatic N) is 1. The van der Waals surface area contributed by atoms with Crippen molar-refractivity contribution in [3.63, 3.8) is 0 Å². The first-order chi connectivity index (χ1) is 8.24. The van der Waals surface area contributed by atoms with E-state index in [2.05, 4.69) is 4.90 Å². The summed E-state index contributed by atoms with van der Waals surface area (Å²) in [5.74, 6) is 0. The molecule has 0 aromatic heterocycles. The lowest BCUT2D eigenvalue weighted by Gasteiger charge is -2.34. The van der Waals surface area contributed by atoms with Crippen molar-refractivity contribution >= 4 is 23.2 Å². The van der Waals surface area contributed by atoms with Crippen molar-refractivity contribution in [2.45, 2.75) is 25.3 Å². The minimum Gasteiger partial charge on any atom is -0.329 e. The van der Waals surface area contributed by atoms with Crippen molar-refractivity contribution in [3.8, 4) is 0 Å². The van der Waals surface area contributed by atoms with Gasteiger partial charge in [-0.25, -0.2) is 0 Å². The molecule has 0 unspecified atom stereocenters. The fourth-order valence-electron chi connectivity index (χ4n) is 2.48. The molecule has 0 aliphatic carbocycles. The lowest BCUT2D eigenvalue weighted by molar-refractivity contribution is 0.167. The van der Waals surface area contributed by atoms with E-state index in [9.17, 15) is 0 Å². The van der Waals surface area contributed by atoms with E-state index in [1.165, 1.54) is 19.3 Å². The second kappa shape index (κ2) is 6.05. The normalized spacial score (nSPS) is 19.2. The first-order valence-electron chi connectivity index (χ1n) is 6.12. The fourth-order valence-corrected chi connectivity index (χ4v) is 2.91. The van der Waals surface area contributed by atoms with Crippen LogP contribution in [0.2, 0.25) is 10.0 Å². The molecule has 1 aliphatic rings. The molecule has 1 atom stereocenters. The molecule has 4 heteroatoms. The van der Waals surface area contributed by atoms with Crippen LogP contribution < -0.4 is 5.73 Å². The first-order valence-corrected chi connectivity index (χ1v) is 6.87. The van der Waals surface area contributed by atoms with Crippen LogP contribution in [0.3, 0.4) is 0 Å². The maximum absolute atomic E-state index is 6.27. The minimum atomic E-state index is 0.196. The van der Waals surface area contributed by atoms with Gasteiger partial charge in [-0.05, 0) is 37.6 Å². The second-order valence-electron chi connectivity index (χ2n) is 4.49. The van der Waals surface area contributed by atoms with E-state index < -0.39 is 0 Å². The highest BCUT2D eigenvalue weighted by Crippen LogP contribution is 2.33. The van der Waals surface area contributed by atoms with Gasteiger partial charge in [0.25, 0.3) is 0 Å². The molecule has 0 spiro atoms. The average molecular weight is 273 g/mol. The molecule has 1 aliphatic heterocycles. The van der Waals surface area contributed by atoms with Crippen LogP contribution in [0.15, 0.2) is 18.2 Å². The van der Waals surface area contributed by atoms with Gasteiger partial charge in [-0.1, -0.05) is 41.8 Å². The van der Waals surface area contributed by atoms with Gasteiger partial charge in [0.1, 0.15) is 0 Å². The van der Waals surface area contributed by atoms with E-state index in [1.807, 2.05) is 18.2 Å². The van der Waals surface area contributed by atoms with Gasteiger partial charge in [-0.2, -0.15) is 0 Å². The Labute approximate surface area is 113 Å². The number of rotatable bonds is 3. The van der Waals surface area contributed by atoms with Crippen molar-refractivity contribution in [2.24, 2.45) is 5.73 Å². The van der Waals surface area contributed by atoms with Gasteiger partial charge in [0.05, 0.1) is 10.0 Å². The first kappa shape index (κ1) is 13.2. The predicted octanol–water partition coefficient (Wildman–Crippen LogP) is 3.48. The molecule has 2 rings (SSSR count). The quantitative estimate of drug-likeness (QED) is 0.913. The van der Waals surface area contributed by atoms with Crippen LogP contribution in [-0.4, -0.2) is 24.5 Å². The van der Waals surface area contributed by atoms with Gasteiger partial charge >= 0.3 is 0 Å². The van der Waals surface area contributed by atoms with Crippen LogP contribution in [0.5, 0.6) is 0 Å². The van der Waals surface area contributed by atoms with Crippen molar-refractivity contribution < 1.29 is 0 Å². The predicted molar refractivity (Wildman–Crippen MR) is 73.7 cm³/mol. The van der Waals surface area contributed by atoms with E-state index in [4.69, 9.17) is 28.9 Å². The molecule has 2 N–H and O–H groups in total. The van der Waals surface area contributed by atoms with E-state index in [-0.39, 0.29) is 6.04 Å². The van der Waals surface area contributed by atoms with Crippen molar-refractivity contribution in [1.29, 1.82) is 0 Å². The summed E-state index contributed by atoms with van der Waals surface area (Å²) in [5, 5.41) is 1.26. The smallest absolute Gasteiger partial charge is 0.0640 e. The largest absolute Gasteiger partial charge is 0.329 e. The van der Waals surface area contributed by atoms with E-state index in [0.717, 1.165) is 18.7 Å². The molecule has 1 saturated heterocycles. The van der Waals surface area contributed by atoms with Gasteiger partial charge < -0.3 is 5.73 Å². The number of piperidine rings is 1. The zero-order chi connectivity index (χ0) is 12.3. The number of benzene rings is 1. The standard InChI is InChI=1S/C13H18Cl2N2/c14-11-6-4-5-10(13(11)15)12(9-16)17-7-2-1-3-8-17/h4-6,12H,1-3,7-9,16H2/t12-/m1/s1. The zero-order valence-electron chi connectivity index (χ0n) is 9.83. The maximum atomic E-state index is 6.27. The number of halogens is 2. The number of nitrogens with two attached hydrogens (primary N) is 1. The van der Waals surface area contributed by atoms with Gasteiger partial charge in [-0.3, -0.25) is 4.90 Å². The molecular weight excluding hydrogens is 255 g/mol. The third-order valence-electron chi connectivity index (χ3n) is 3.40. The Hall–Kier alpha value is -0.280. The number of likely N-dealkylation sites (tertiary alicyclic amines) is 1. The lowest BCUT2D eigenvalue weighted by Crippen LogP contribution is -2.37. The Kier molecular flexibility index (Phi) is 4.69. The van der Waals surface area contributed by atoms with Crippen molar-refractivity contribution in [2.75, 3.05) is 19.6 Å². The van der Waals surface area contributed by atoms with Crippen LogP contribution >= 0.6 is 23.2 Å². The fraction of sp³-hybridized carbons (Fsp3) is 0.538. The molecule has 1 heterocycles. The second-order valence-corrected chi connectivity index (χ2v) is 5.28. The Morgan fingerprint density at radius 2 is 1.88 bits per heavy atom. The van der Waals surface area contributed by atoms with Gasteiger partial charge in [0.2, 0.25) is 0 Å². The Morgan fingerprint density at radius 1 is 1.18 bits per heavy atom. The summed E-state index contributed by atoms with van der Waals surface area (Å²) in [6.45, 7) is 2.79. The topological polar surface area (TPSA) is 29.3 Å². The molecule has 1 aromatic rings. The highest BCUT2D eigenvalue weighted by atomic mass is 35.5. The molecule has 2 nitrogen and oxygen atoms in total. The molecule has 0 radical (unpaired) electrons. The van der Waals surface area contributed by atoms with Gasteiger partial charge in [0, 0.05) is 12.6 Å². The molecule has 94 valence electrons. The summed E-state index contributed by atoms with van der Waals surface area (Å²) >= 11 is 12.3. The van der Waals surface area contributed by atoms with Gasteiger partial charge in [-0.15, -0.1) is 0 Å². The van der Waals surface area contributed by atoms with Crippen LogP contribution in [0.1, 0.15) is 30.9 Å². The highest BCUT2D eigenvalue weighted by molar-refractivity contribution is 6.42. The van der Waals surface area contributed by atoms with Crippen LogP contribution in [-0.2, 0) is 0 Å². The number of hydrogen-bond donors (Lipinski definition) is 1. The summed E-state index contributed by atoms with van der Waals surface area (Å²) in [4.78, 5) is 2.42. The molecule has 1 aromatic carbocycles. The SMILES string of the molecule is NC[C@H](c1cccc(Cl)c1Cl)N1CCCCC1. The van der Waals surface area contributed by atoms with Gasteiger partial charge in [0.15, 0.2) is 0 Å². The maximum Gasteiger partial charge on any atom is 0.0640 e. The monoisotopic (exact) mass is 272 g/mol. The Morgan fingerprint density at radius 3 is 2.53 bits per heavy atom. The molecular formula is C13H18Cl2N2. The Balaban J connectivity index is 2.24. The Bertz CT molecular complexity index is 376. The van der Waals surface area contributed by atoms with Crippen LogP contribution in [0.4, 0.5) is 0 Å². The summed E-state index contributed by atoms with van der Waals surface area (Å²) in [5.41, 5.74) is 6.97. The zero-order valence-corrected chi connectivity index (χ0v) is 11.3. The average Bonchev–Trinajstić information content (AvgIpc) is 2.37. The summed E-state index contributed by atoms with van der Waals surface area (Å²) in [6.07, 6.45) is 3.81. The van der Waals surface area contributed by atoms with E-state index in [1.54, 1.807) is 0 Å². The molecule has 0 amide bonds. The molecule has 1 fully saturated rings. The van der Waals surface area contributed by atoms with E-state index in [0.29, 0.717) is 16.6 Å². The summed E-state index contributed by atoms with van der Waals surface area (Å²) in [6, 6.07) is 5.98. The van der Waals surface area contributed by atoms with Crippen molar-refractivity contribution in [1.82, 2.24) is 4.90 Å². The summed E-state index contributed by atoms with van der Waals surface area (Å²) < 4.78 is 0. The lowest BCUT2D eigenvalue weighted by atomic mass is 10.0. The van der Waals surface area contributed by atoms with Crippen molar-refractivity contribution in [3.05, 3.63) is 33.8 Å². The summed E-state index contributed by atoms with van der Waals surface area (Å²) in [7, 11) is 0. The van der Waals surface area contributed by atoms with E-state index >= 15 is 0 Å².